The van der Waals surface area contributed by atoms with Crippen molar-refractivity contribution in [2.24, 2.45) is 0 Å². The molecule has 0 fully saturated rings. The number of para-hydroxylation sites is 2. The second-order valence-corrected chi connectivity index (χ2v) is 11.2. The Hall–Kier alpha value is -7.34. The molecule has 0 unspecified atom stereocenters. The van der Waals surface area contributed by atoms with Crippen LogP contribution in [0.25, 0.3) is 24.3 Å². The summed E-state index contributed by atoms with van der Waals surface area (Å²) in [5.41, 5.74) is 5.99. The number of rotatable bonds is 7. The fraction of sp³-hybridized carbons (Fsp3) is 0.0233. The number of hydrogen-bond donors (Lipinski definition) is 5. The van der Waals surface area contributed by atoms with Gasteiger partial charge in [0.15, 0.2) is 17.2 Å². The van der Waals surface area contributed by atoms with E-state index in [0.717, 1.165) is 22.3 Å². The molecule has 9 N–H and O–H groups in total. The Bertz CT molecular complexity index is 1970. The lowest BCUT2D eigenvalue weighted by atomic mass is 9.84. The predicted molar refractivity (Wildman–Crippen MR) is 211 cm³/mol. The van der Waals surface area contributed by atoms with Crippen LogP contribution in [0.5, 0.6) is 28.7 Å². The van der Waals surface area contributed by atoms with E-state index in [1.807, 2.05) is 48.5 Å². The van der Waals surface area contributed by atoms with E-state index < -0.39 is 23.2 Å². The van der Waals surface area contributed by atoms with Crippen LogP contribution < -0.4 is 0 Å². The third-order valence-electron chi connectivity index (χ3n) is 7.68. The molecule has 7 rings (SSSR count). The molecule has 3 aromatic carbocycles. The van der Waals surface area contributed by atoms with E-state index in [9.17, 15) is 25.5 Å². The lowest BCUT2D eigenvalue weighted by molar-refractivity contribution is 0.367. The van der Waals surface area contributed by atoms with E-state index in [2.05, 4.69) is 44.2 Å². The highest BCUT2D eigenvalue weighted by molar-refractivity contribution is 5.69. The Morgan fingerprint density at radius 3 is 0.926 bits per heavy atom. The first kappa shape index (κ1) is 41.1. The number of pyridine rings is 4. The molecule has 0 amide bonds. The number of aromatic hydroxyl groups is 5. The van der Waals surface area contributed by atoms with Crippen molar-refractivity contribution in [2.45, 2.75) is 5.92 Å². The van der Waals surface area contributed by atoms with E-state index in [-0.39, 0.29) is 22.5 Å². The van der Waals surface area contributed by atoms with E-state index in [0.29, 0.717) is 16.7 Å². The van der Waals surface area contributed by atoms with Crippen molar-refractivity contribution >= 4 is 24.3 Å². The molecule has 11 nitrogen and oxygen atoms in total. The third-order valence-corrected chi connectivity index (χ3v) is 7.68. The molecule has 7 aromatic rings. The smallest absolute Gasteiger partial charge is 0.200 e. The first-order chi connectivity index (χ1) is 25.4. The van der Waals surface area contributed by atoms with Crippen LogP contribution in [0.2, 0.25) is 0 Å². The molecule has 11 heteroatoms. The fourth-order valence-electron chi connectivity index (χ4n) is 5.07. The van der Waals surface area contributed by atoms with Crippen molar-refractivity contribution in [1.29, 1.82) is 0 Å². The molecule has 0 radical (unpaired) electrons. The Morgan fingerprint density at radius 2 is 0.648 bits per heavy atom. The minimum atomic E-state index is -0.648. The molecule has 0 aliphatic carbocycles. The monoisotopic (exact) mass is 724 g/mol. The van der Waals surface area contributed by atoms with Crippen LogP contribution in [0.4, 0.5) is 0 Å². The summed E-state index contributed by atoms with van der Waals surface area (Å²) in [6.45, 7) is 0. The van der Waals surface area contributed by atoms with Gasteiger partial charge in [-0.15, -0.1) is 0 Å². The molecular formula is C43H40N4O7. The van der Waals surface area contributed by atoms with Gasteiger partial charge in [-0.25, -0.2) is 0 Å². The summed E-state index contributed by atoms with van der Waals surface area (Å²) in [5.74, 6) is -2.21. The second kappa shape index (κ2) is 21.1. The maximum atomic E-state index is 10.2. The minimum Gasteiger partial charge on any atom is -0.508 e. The number of aromatic nitrogens is 4. The molecular weight excluding hydrogens is 684 g/mol. The number of hydrogen-bond acceptors (Lipinski definition) is 9. The fourth-order valence-corrected chi connectivity index (χ4v) is 5.07. The normalized spacial score (nSPS) is 10.3. The zero-order valence-electron chi connectivity index (χ0n) is 28.9. The topological polar surface area (TPSA) is 216 Å². The summed E-state index contributed by atoms with van der Waals surface area (Å²) in [5, 5.41) is 49.7. The standard InChI is InChI=1S/C19H16O5.2C12H10N2.2H2O/c20-14-7-3-1-5-12(14)18(13-6-2-4-8-15(13)21)11-9-16(22)19(24)17(23)10-11;2*1(11-3-7-13-8-4-11)2-12-5-9-14-10-6-12;;/h1-10,18,20-24H;2*1-10H;2*1H2/b;2*2-1+;;. The van der Waals surface area contributed by atoms with E-state index in [1.54, 1.807) is 86.0 Å². The maximum absolute atomic E-state index is 10.2. The number of phenolic OH excluding ortho intramolecular Hbond substituents is 5. The van der Waals surface area contributed by atoms with Gasteiger partial charge < -0.3 is 36.5 Å². The molecule has 274 valence electrons. The third kappa shape index (κ3) is 11.9. The van der Waals surface area contributed by atoms with Crippen molar-refractivity contribution in [3.63, 3.8) is 0 Å². The van der Waals surface area contributed by atoms with Gasteiger partial charge in [-0.2, -0.15) is 0 Å². The summed E-state index contributed by atoms with van der Waals surface area (Å²) in [4.78, 5) is 15.8. The Labute approximate surface area is 312 Å². The molecule has 54 heavy (non-hydrogen) atoms. The number of benzene rings is 3. The highest BCUT2D eigenvalue weighted by Gasteiger charge is 2.24. The van der Waals surface area contributed by atoms with Crippen LogP contribution in [0.3, 0.4) is 0 Å². The molecule has 4 aromatic heterocycles. The number of phenols is 5. The largest absolute Gasteiger partial charge is 0.508 e. The average molecular weight is 725 g/mol. The molecule has 4 heterocycles. The van der Waals surface area contributed by atoms with Gasteiger partial charge in [-0.05, 0) is 101 Å². The van der Waals surface area contributed by atoms with Gasteiger partial charge in [0.05, 0.1) is 0 Å². The van der Waals surface area contributed by atoms with E-state index >= 15 is 0 Å². The average Bonchev–Trinajstić information content (AvgIpc) is 3.19. The molecule has 0 bridgehead atoms. The molecule has 0 saturated carbocycles. The van der Waals surface area contributed by atoms with Crippen LogP contribution in [-0.2, 0) is 0 Å². The van der Waals surface area contributed by atoms with E-state index in [4.69, 9.17) is 0 Å². The van der Waals surface area contributed by atoms with Gasteiger partial charge in [-0.1, -0.05) is 60.7 Å². The van der Waals surface area contributed by atoms with Crippen molar-refractivity contribution in [3.05, 3.63) is 198 Å². The summed E-state index contributed by atoms with van der Waals surface area (Å²) >= 11 is 0. The Morgan fingerprint density at radius 1 is 0.370 bits per heavy atom. The molecule has 0 aliphatic heterocycles. The van der Waals surface area contributed by atoms with Gasteiger partial charge >= 0.3 is 0 Å². The lowest BCUT2D eigenvalue weighted by Gasteiger charge is -2.21. The molecule has 0 aliphatic rings. The van der Waals surface area contributed by atoms with Crippen LogP contribution in [-0.4, -0.2) is 56.4 Å². The first-order valence-corrected chi connectivity index (χ1v) is 16.2. The second-order valence-electron chi connectivity index (χ2n) is 11.2. The lowest BCUT2D eigenvalue weighted by Crippen LogP contribution is -2.04. The molecule has 0 spiro atoms. The van der Waals surface area contributed by atoms with Crippen LogP contribution >= 0.6 is 0 Å². The van der Waals surface area contributed by atoms with Gasteiger partial charge in [0, 0.05) is 66.6 Å². The zero-order chi connectivity index (χ0) is 36.5. The van der Waals surface area contributed by atoms with E-state index in [1.165, 1.54) is 24.3 Å². The molecule has 0 saturated heterocycles. The van der Waals surface area contributed by atoms with Crippen molar-refractivity contribution in [2.75, 3.05) is 0 Å². The SMILES string of the molecule is C(=C\c1ccncc1)/c1ccncc1.C(=C\c1ccncc1)/c1ccncc1.O.O.Oc1ccccc1C(c1cc(O)c(O)c(O)c1)c1ccccc1O. The van der Waals surface area contributed by atoms with Gasteiger partial charge in [0.25, 0.3) is 0 Å². The number of nitrogens with zero attached hydrogens (tertiary/aromatic N) is 4. The highest BCUT2D eigenvalue weighted by atomic mass is 16.3. The van der Waals surface area contributed by atoms with Gasteiger partial charge in [0.1, 0.15) is 11.5 Å². The first-order valence-electron chi connectivity index (χ1n) is 16.2. The van der Waals surface area contributed by atoms with Crippen molar-refractivity contribution in [1.82, 2.24) is 19.9 Å². The molecule has 0 atom stereocenters. The van der Waals surface area contributed by atoms with Crippen molar-refractivity contribution in [3.8, 4) is 28.7 Å². The summed E-state index contributed by atoms with van der Waals surface area (Å²) in [7, 11) is 0. The maximum Gasteiger partial charge on any atom is 0.200 e. The minimum absolute atomic E-state index is 0. The highest BCUT2D eigenvalue weighted by Crippen LogP contribution is 2.45. The van der Waals surface area contributed by atoms with Crippen LogP contribution in [0.1, 0.15) is 44.9 Å². The predicted octanol–water partition coefficient (Wildman–Crippen LogP) is 7.04. The Balaban J connectivity index is 0.000000226. The van der Waals surface area contributed by atoms with Crippen molar-refractivity contribution < 1.29 is 36.5 Å². The quantitative estimate of drug-likeness (QED) is 0.0840. The van der Waals surface area contributed by atoms with Gasteiger partial charge in [-0.3, -0.25) is 19.9 Å². The van der Waals surface area contributed by atoms with Gasteiger partial charge in [0.2, 0.25) is 0 Å². The van der Waals surface area contributed by atoms with Crippen LogP contribution in [0.15, 0.2) is 159 Å². The van der Waals surface area contributed by atoms with Crippen LogP contribution in [0, 0.1) is 0 Å². The summed E-state index contributed by atoms with van der Waals surface area (Å²) < 4.78 is 0. The summed E-state index contributed by atoms with van der Waals surface area (Å²) in [6, 6.07) is 31.6. The summed E-state index contributed by atoms with van der Waals surface area (Å²) in [6.07, 6.45) is 22.5. The zero-order valence-corrected chi connectivity index (χ0v) is 28.9. The Kier molecular flexibility index (Phi) is 16.1.